The van der Waals surface area contributed by atoms with Gasteiger partial charge in [-0.1, -0.05) is 11.6 Å². The Labute approximate surface area is 88.3 Å². The lowest BCUT2D eigenvalue weighted by Gasteiger charge is -2.13. The number of halogens is 1. The molecule has 1 aromatic rings. The topological polar surface area (TPSA) is 52.5 Å². The van der Waals surface area contributed by atoms with Crippen molar-refractivity contribution in [3.05, 3.63) is 28.3 Å². The van der Waals surface area contributed by atoms with Gasteiger partial charge >= 0.3 is 0 Å². The summed E-state index contributed by atoms with van der Waals surface area (Å²) in [6.45, 7) is 2.18. The van der Waals surface area contributed by atoms with E-state index < -0.39 is 6.10 Å². The van der Waals surface area contributed by atoms with Gasteiger partial charge in [0, 0.05) is 17.1 Å². The minimum atomic E-state index is -0.738. The molecule has 0 heterocycles. The van der Waals surface area contributed by atoms with Crippen molar-refractivity contribution < 1.29 is 10.2 Å². The number of hydrogen-bond acceptors (Lipinski definition) is 3. The van der Waals surface area contributed by atoms with E-state index in [2.05, 4.69) is 5.32 Å². The van der Waals surface area contributed by atoms with E-state index in [0.717, 1.165) is 5.56 Å². The number of likely N-dealkylation sites (N-methyl/N-ethyl adjacent to an activating group) is 1. The van der Waals surface area contributed by atoms with E-state index in [4.69, 9.17) is 11.6 Å². The second kappa shape index (κ2) is 4.64. The Morgan fingerprint density at radius 1 is 1.50 bits per heavy atom. The standard InChI is InChI=1S/C10H14ClNO2/c1-6-3-9(13)7(4-8(6)11)10(14)5-12-2/h3-4,10,12-14H,5H2,1-2H3. The van der Waals surface area contributed by atoms with E-state index in [1.807, 2.05) is 0 Å². The lowest BCUT2D eigenvalue weighted by atomic mass is 10.1. The third-order valence-corrected chi connectivity index (χ3v) is 2.47. The number of hydrogen-bond donors (Lipinski definition) is 3. The third-order valence-electron chi connectivity index (χ3n) is 2.06. The molecule has 0 aliphatic rings. The molecule has 1 unspecified atom stereocenters. The van der Waals surface area contributed by atoms with Gasteiger partial charge in [0.2, 0.25) is 0 Å². The number of aryl methyl sites for hydroxylation is 1. The van der Waals surface area contributed by atoms with Gasteiger partial charge in [0.15, 0.2) is 0 Å². The average Bonchev–Trinajstić information content (AvgIpc) is 2.11. The van der Waals surface area contributed by atoms with Crippen LogP contribution in [0.1, 0.15) is 17.2 Å². The summed E-state index contributed by atoms with van der Waals surface area (Å²) < 4.78 is 0. The van der Waals surface area contributed by atoms with Crippen LogP contribution in [0.4, 0.5) is 0 Å². The zero-order valence-corrected chi connectivity index (χ0v) is 8.97. The van der Waals surface area contributed by atoms with Gasteiger partial charge in [0.1, 0.15) is 5.75 Å². The van der Waals surface area contributed by atoms with Crippen LogP contribution in [0.5, 0.6) is 5.75 Å². The highest BCUT2D eigenvalue weighted by Gasteiger charge is 2.13. The quantitative estimate of drug-likeness (QED) is 0.718. The summed E-state index contributed by atoms with van der Waals surface area (Å²) in [5, 5.41) is 22.6. The Balaban J connectivity index is 3.02. The number of phenolic OH excluding ortho intramolecular Hbond substituents is 1. The van der Waals surface area contributed by atoms with E-state index in [-0.39, 0.29) is 5.75 Å². The number of aliphatic hydroxyl groups excluding tert-OH is 1. The summed E-state index contributed by atoms with van der Waals surface area (Å²) >= 11 is 5.89. The van der Waals surface area contributed by atoms with E-state index in [0.29, 0.717) is 17.1 Å². The first-order valence-corrected chi connectivity index (χ1v) is 4.75. The molecular formula is C10H14ClNO2. The summed E-state index contributed by atoms with van der Waals surface area (Å²) in [6, 6.07) is 3.14. The van der Waals surface area contributed by atoms with E-state index in [1.54, 1.807) is 26.1 Å². The number of aliphatic hydroxyl groups is 1. The number of rotatable bonds is 3. The van der Waals surface area contributed by atoms with Crippen molar-refractivity contribution in [2.75, 3.05) is 13.6 Å². The predicted octanol–water partition coefficient (Wildman–Crippen LogP) is 1.61. The molecule has 0 aliphatic heterocycles. The van der Waals surface area contributed by atoms with Crippen LogP contribution in [-0.4, -0.2) is 23.8 Å². The number of benzene rings is 1. The molecule has 0 saturated heterocycles. The molecule has 1 aromatic carbocycles. The highest BCUT2D eigenvalue weighted by atomic mass is 35.5. The van der Waals surface area contributed by atoms with Crippen LogP contribution in [-0.2, 0) is 0 Å². The molecule has 1 atom stereocenters. The number of phenols is 1. The predicted molar refractivity (Wildman–Crippen MR) is 56.7 cm³/mol. The minimum absolute atomic E-state index is 0.0784. The smallest absolute Gasteiger partial charge is 0.121 e. The van der Waals surface area contributed by atoms with Gasteiger partial charge in [-0.2, -0.15) is 0 Å². The molecule has 4 heteroatoms. The van der Waals surface area contributed by atoms with Gasteiger partial charge in [0.25, 0.3) is 0 Å². The van der Waals surface area contributed by atoms with Crippen LogP contribution in [0.2, 0.25) is 5.02 Å². The fraction of sp³-hybridized carbons (Fsp3) is 0.400. The van der Waals surface area contributed by atoms with Crippen molar-refractivity contribution in [2.45, 2.75) is 13.0 Å². The van der Waals surface area contributed by atoms with Crippen molar-refractivity contribution in [1.82, 2.24) is 5.32 Å². The first-order chi connectivity index (χ1) is 6.56. The SMILES string of the molecule is CNCC(O)c1cc(Cl)c(C)cc1O. The van der Waals surface area contributed by atoms with Gasteiger partial charge < -0.3 is 15.5 Å². The monoisotopic (exact) mass is 215 g/mol. The van der Waals surface area contributed by atoms with E-state index in [9.17, 15) is 10.2 Å². The maximum absolute atomic E-state index is 9.64. The molecule has 0 amide bonds. The van der Waals surface area contributed by atoms with Crippen molar-refractivity contribution in [2.24, 2.45) is 0 Å². The van der Waals surface area contributed by atoms with Crippen LogP contribution in [0.25, 0.3) is 0 Å². The summed E-state index contributed by atoms with van der Waals surface area (Å²) in [5.74, 6) is 0.0784. The molecule has 0 spiro atoms. The maximum atomic E-state index is 9.64. The molecule has 0 saturated carbocycles. The van der Waals surface area contributed by atoms with Gasteiger partial charge in [-0.15, -0.1) is 0 Å². The second-order valence-electron chi connectivity index (χ2n) is 3.23. The van der Waals surface area contributed by atoms with Gasteiger partial charge in [-0.3, -0.25) is 0 Å². The lowest BCUT2D eigenvalue weighted by molar-refractivity contribution is 0.174. The first kappa shape index (κ1) is 11.3. The molecule has 14 heavy (non-hydrogen) atoms. The summed E-state index contributed by atoms with van der Waals surface area (Å²) in [6.07, 6.45) is -0.738. The molecule has 0 aromatic heterocycles. The van der Waals surface area contributed by atoms with Crippen LogP contribution in [0, 0.1) is 6.92 Å². The first-order valence-electron chi connectivity index (χ1n) is 4.38. The lowest BCUT2D eigenvalue weighted by Crippen LogP contribution is -2.16. The van der Waals surface area contributed by atoms with Crippen molar-refractivity contribution in [3.63, 3.8) is 0 Å². The van der Waals surface area contributed by atoms with Crippen LogP contribution < -0.4 is 5.32 Å². The van der Waals surface area contributed by atoms with Crippen LogP contribution in [0.15, 0.2) is 12.1 Å². The fourth-order valence-electron chi connectivity index (χ4n) is 1.25. The Bertz CT molecular complexity index is 328. The molecule has 0 aliphatic carbocycles. The molecule has 3 nitrogen and oxygen atoms in total. The highest BCUT2D eigenvalue weighted by Crippen LogP contribution is 2.29. The molecule has 1 rings (SSSR count). The molecular weight excluding hydrogens is 202 g/mol. The molecule has 0 fully saturated rings. The highest BCUT2D eigenvalue weighted by molar-refractivity contribution is 6.31. The molecule has 78 valence electrons. The van der Waals surface area contributed by atoms with Crippen LogP contribution >= 0.6 is 11.6 Å². The zero-order valence-electron chi connectivity index (χ0n) is 8.21. The van der Waals surface area contributed by atoms with Gasteiger partial charge in [-0.05, 0) is 31.7 Å². The Hall–Kier alpha value is -0.770. The number of aromatic hydroxyl groups is 1. The van der Waals surface area contributed by atoms with Crippen molar-refractivity contribution in [1.29, 1.82) is 0 Å². The molecule has 0 radical (unpaired) electrons. The Morgan fingerprint density at radius 2 is 2.14 bits per heavy atom. The zero-order chi connectivity index (χ0) is 10.7. The largest absolute Gasteiger partial charge is 0.508 e. The summed E-state index contributed by atoms with van der Waals surface area (Å²) in [4.78, 5) is 0. The Kier molecular flexibility index (Phi) is 3.75. The summed E-state index contributed by atoms with van der Waals surface area (Å²) in [5.41, 5.74) is 1.25. The third kappa shape index (κ3) is 2.38. The van der Waals surface area contributed by atoms with Gasteiger partial charge in [0.05, 0.1) is 6.10 Å². The Morgan fingerprint density at radius 3 is 2.71 bits per heavy atom. The van der Waals surface area contributed by atoms with Crippen molar-refractivity contribution >= 4 is 11.6 Å². The van der Waals surface area contributed by atoms with E-state index in [1.165, 1.54) is 0 Å². The van der Waals surface area contributed by atoms with Crippen LogP contribution in [0.3, 0.4) is 0 Å². The number of nitrogens with one attached hydrogen (secondary N) is 1. The minimum Gasteiger partial charge on any atom is -0.508 e. The molecule has 3 N–H and O–H groups in total. The van der Waals surface area contributed by atoms with E-state index >= 15 is 0 Å². The molecule has 0 bridgehead atoms. The summed E-state index contributed by atoms with van der Waals surface area (Å²) in [7, 11) is 1.73. The maximum Gasteiger partial charge on any atom is 0.121 e. The fourth-order valence-corrected chi connectivity index (χ4v) is 1.42. The van der Waals surface area contributed by atoms with Crippen molar-refractivity contribution in [3.8, 4) is 5.75 Å². The normalized spacial score (nSPS) is 12.9. The average molecular weight is 216 g/mol. The second-order valence-corrected chi connectivity index (χ2v) is 3.64. The van der Waals surface area contributed by atoms with Gasteiger partial charge in [-0.25, -0.2) is 0 Å².